The van der Waals surface area contributed by atoms with Crippen LogP contribution in [0.1, 0.15) is 36.9 Å². The van der Waals surface area contributed by atoms with Crippen molar-refractivity contribution in [2.24, 2.45) is 0 Å². The van der Waals surface area contributed by atoms with Gasteiger partial charge >= 0.3 is 0 Å². The van der Waals surface area contributed by atoms with Gasteiger partial charge in [0, 0.05) is 18.8 Å². The predicted octanol–water partition coefficient (Wildman–Crippen LogP) is 1.72. The number of aliphatic hydroxyl groups is 1. The lowest BCUT2D eigenvalue weighted by Crippen LogP contribution is -2.33. The highest BCUT2D eigenvalue weighted by Crippen LogP contribution is 2.16. The topological polar surface area (TPSA) is 48.4 Å². The summed E-state index contributed by atoms with van der Waals surface area (Å²) < 4.78 is 0. The maximum atomic E-state index is 9.26. The summed E-state index contributed by atoms with van der Waals surface area (Å²) in [6.45, 7) is 6.54. The molecule has 1 fully saturated rings. The molecule has 1 aromatic heterocycles. The number of unbranched alkanes of at least 4 members (excludes halogenated alkanes) is 1. The molecule has 4 nitrogen and oxygen atoms in total. The van der Waals surface area contributed by atoms with Crippen molar-refractivity contribution in [2.75, 3.05) is 26.2 Å². The van der Waals surface area contributed by atoms with Gasteiger partial charge in [0.1, 0.15) is 0 Å². The van der Waals surface area contributed by atoms with Crippen LogP contribution in [0.4, 0.5) is 0 Å². The highest BCUT2D eigenvalue weighted by atomic mass is 16.3. The number of hydrogen-bond donors (Lipinski definition) is 2. The summed E-state index contributed by atoms with van der Waals surface area (Å²) in [5.41, 5.74) is 2.31. The summed E-state index contributed by atoms with van der Waals surface area (Å²) in [5.74, 6) is 0. The molecule has 0 spiro atoms. The molecule has 0 radical (unpaired) electrons. The molecule has 0 bridgehead atoms. The van der Waals surface area contributed by atoms with Crippen molar-refractivity contribution in [2.45, 2.75) is 45.2 Å². The molecule has 0 amide bonds. The van der Waals surface area contributed by atoms with Crippen LogP contribution in [-0.2, 0) is 6.54 Å². The molecule has 4 heteroatoms. The van der Waals surface area contributed by atoms with Gasteiger partial charge in [0.25, 0.3) is 0 Å². The lowest BCUT2D eigenvalue weighted by atomic mass is 10.2. The molecule has 0 saturated carbocycles. The van der Waals surface area contributed by atoms with E-state index in [4.69, 9.17) is 0 Å². The number of nitrogens with one attached hydrogen (secondary N) is 1. The Morgan fingerprint density at radius 2 is 2.30 bits per heavy atom. The van der Waals surface area contributed by atoms with Crippen LogP contribution < -0.4 is 5.32 Å². The van der Waals surface area contributed by atoms with Gasteiger partial charge in [-0.15, -0.1) is 0 Å². The number of pyridine rings is 1. The van der Waals surface area contributed by atoms with E-state index in [-0.39, 0.29) is 0 Å². The number of nitrogens with zero attached hydrogens (tertiary/aromatic N) is 2. The average molecular weight is 277 g/mol. The van der Waals surface area contributed by atoms with Crippen molar-refractivity contribution in [1.29, 1.82) is 0 Å². The van der Waals surface area contributed by atoms with E-state index in [0.29, 0.717) is 12.6 Å². The highest BCUT2D eigenvalue weighted by Gasteiger charge is 2.22. The number of aliphatic hydroxyl groups excluding tert-OH is 1. The van der Waals surface area contributed by atoms with E-state index in [0.717, 1.165) is 38.3 Å². The molecule has 1 atom stereocenters. The van der Waals surface area contributed by atoms with E-state index in [1.54, 1.807) is 0 Å². The second kappa shape index (κ2) is 8.35. The lowest BCUT2D eigenvalue weighted by molar-refractivity contribution is 0.157. The van der Waals surface area contributed by atoms with Gasteiger partial charge in [-0.25, -0.2) is 0 Å². The van der Waals surface area contributed by atoms with E-state index >= 15 is 0 Å². The summed E-state index contributed by atoms with van der Waals surface area (Å²) in [6, 6.07) is 4.60. The standard InChI is InChI=1S/C16H27N3O/c1-14-6-7-15(18-11-14)12-17-8-2-3-9-19-10-4-5-16(19)13-20/h6-7,11,16-17,20H,2-5,8-10,12-13H2,1H3. The molecule has 1 unspecified atom stereocenters. The zero-order valence-corrected chi connectivity index (χ0v) is 12.5. The number of likely N-dealkylation sites (tertiary alicyclic amines) is 1. The fourth-order valence-corrected chi connectivity index (χ4v) is 2.78. The third-order valence-corrected chi connectivity index (χ3v) is 4.04. The third kappa shape index (κ3) is 4.85. The van der Waals surface area contributed by atoms with Gasteiger partial charge in [-0.2, -0.15) is 0 Å². The Balaban J connectivity index is 1.52. The van der Waals surface area contributed by atoms with E-state index in [9.17, 15) is 5.11 Å². The van der Waals surface area contributed by atoms with Crippen molar-refractivity contribution >= 4 is 0 Å². The minimum Gasteiger partial charge on any atom is -0.395 e. The predicted molar refractivity (Wildman–Crippen MR) is 81.6 cm³/mol. The van der Waals surface area contributed by atoms with Crippen LogP contribution in [0.25, 0.3) is 0 Å². The largest absolute Gasteiger partial charge is 0.395 e. The Labute approximate surface area is 122 Å². The molecule has 2 rings (SSSR count). The van der Waals surface area contributed by atoms with Crippen molar-refractivity contribution < 1.29 is 5.11 Å². The molecule has 0 aliphatic carbocycles. The van der Waals surface area contributed by atoms with Gasteiger partial charge in [-0.3, -0.25) is 9.88 Å². The second-order valence-corrected chi connectivity index (χ2v) is 5.73. The normalized spacial score (nSPS) is 19.6. The summed E-state index contributed by atoms with van der Waals surface area (Å²) in [4.78, 5) is 6.81. The van der Waals surface area contributed by atoms with Crippen molar-refractivity contribution in [3.63, 3.8) is 0 Å². The molecular formula is C16H27N3O. The van der Waals surface area contributed by atoms with Crippen LogP contribution >= 0.6 is 0 Å². The van der Waals surface area contributed by atoms with Crippen molar-refractivity contribution in [1.82, 2.24) is 15.2 Å². The molecule has 1 aliphatic heterocycles. The Hall–Kier alpha value is -0.970. The maximum Gasteiger partial charge on any atom is 0.0586 e. The molecule has 112 valence electrons. The van der Waals surface area contributed by atoms with Crippen LogP contribution in [0.2, 0.25) is 0 Å². The van der Waals surface area contributed by atoms with Crippen molar-refractivity contribution in [3.05, 3.63) is 29.6 Å². The zero-order valence-electron chi connectivity index (χ0n) is 12.5. The summed E-state index contributed by atoms with van der Waals surface area (Å²) in [6.07, 6.45) is 6.70. The summed E-state index contributed by atoms with van der Waals surface area (Å²) in [5, 5.41) is 12.7. The Bertz CT molecular complexity index is 380. The van der Waals surface area contributed by atoms with Gasteiger partial charge in [0.2, 0.25) is 0 Å². The van der Waals surface area contributed by atoms with E-state index in [1.165, 1.54) is 24.8 Å². The SMILES string of the molecule is Cc1ccc(CNCCCCN2CCCC2CO)nc1. The van der Waals surface area contributed by atoms with E-state index < -0.39 is 0 Å². The molecule has 20 heavy (non-hydrogen) atoms. The molecule has 2 heterocycles. The number of aromatic nitrogens is 1. The molecule has 0 aromatic carbocycles. The summed E-state index contributed by atoms with van der Waals surface area (Å²) >= 11 is 0. The van der Waals surface area contributed by atoms with Crippen LogP contribution in [0.5, 0.6) is 0 Å². The number of aryl methyl sites for hydroxylation is 1. The Kier molecular flexibility index (Phi) is 6.43. The van der Waals surface area contributed by atoms with Gasteiger partial charge < -0.3 is 10.4 Å². The van der Waals surface area contributed by atoms with Gasteiger partial charge in [0.05, 0.1) is 12.3 Å². The molecule has 2 N–H and O–H groups in total. The number of rotatable bonds is 8. The second-order valence-electron chi connectivity index (χ2n) is 5.73. The first-order valence-corrected chi connectivity index (χ1v) is 7.77. The van der Waals surface area contributed by atoms with Gasteiger partial charge in [0.15, 0.2) is 0 Å². The van der Waals surface area contributed by atoms with Crippen LogP contribution in [0, 0.1) is 6.92 Å². The van der Waals surface area contributed by atoms with E-state index in [2.05, 4.69) is 34.3 Å². The van der Waals surface area contributed by atoms with E-state index in [1.807, 2.05) is 6.20 Å². The Morgan fingerprint density at radius 1 is 1.40 bits per heavy atom. The highest BCUT2D eigenvalue weighted by molar-refractivity contribution is 5.11. The minimum absolute atomic E-state index is 0.317. The van der Waals surface area contributed by atoms with Gasteiger partial charge in [-0.05, 0) is 63.9 Å². The summed E-state index contributed by atoms with van der Waals surface area (Å²) in [7, 11) is 0. The van der Waals surface area contributed by atoms with Gasteiger partial charge in [-0.1, -0.05) is 6.07 Å². The molecule has 1 saturated heterocycles. The maximum absolute atomic E-state index is 9.26. The monoisotopic (exact) mass is 277 g/mol. The lowest BCUT2D eigenvalue weighted by Gasteiger charge is -2.22. The zero-order chi connectivity index (χ0) is 14.2. The first kappa shape index (κ1) is 15.4. The average Bonchev–Trinajstić information content (AvgIpc) is 2.92. The molecule has 1 aliphatic rings. The van der Waals surface area contributed by atoms with Crippen LogP contribution in [0.15, 0.2) is 18.3 Å². The smallest absolute Gasteiger partial charge is 0.0586 e. The number of hydrogen-bond acceptors (Lipinski definition) is 4. The Morgan fingerprint density at radius 3 is 3.05 bits per heavy atom. The fraction of sp³-hybridized carbons (Fsp3) is 0.688. The fourth-order valence-electron chi connectivity index (χ4n) is 2.78. The molecular weight excluding hydrogens is 250 g/mol. The van der Waals surface area contributed by atoms with Crippen LogP contribution in [-0.4, -0.2) is 47.3 Å². The third-order valence-electron chi connectivity index (χ3n) is 4.04. The molecule has 1 aromatic rings. The van der Waals surface area contributed by atoms with Crippen LogP contribution in [0.3, 0.4) is 0 Å². The quantitative estimate of drug-likeness (QED) is 0.710. The van der Waals surface area contributed by atoms with Crippen molar-refractivity contribution in [3.8, 4) is 0 Å². The minimum atomic E-state index is 0.317. The first-order chi connectivity index (χ1) is 9.79. The first-order valence-electron chi connectivity index (χ1n) is 7.77.